The van der Waals surface area contributed by atoms with E-state index in [-0.39, 0.29) is 23.1 Å². The summed E-state index contributed by atoms with van der Waals surface area (Å²) in [6, 6.07) is 0. The molecule has 110 valence electrons. The van der Waals surface area contributed by atoms with Crippen LogP contribution >= 0.6 is 0 Å². The first-order valence-electron chi connectivity index (χ1n) is 6.94. The van der Waals surface area contributed by atoms with Gasteiger partial charge in [-0.2, -0.15) is 0 Å². The molecule has 0 aromatic rings. The Morgan fingerprint density at radius 3 is 2.63 bits per heavy atom. The van der Waals surface area contributed by atoms with E-state index in [0.29, 0.717) is 6.54 Å². The Hall–Kier alpha value is -1.30. The molecule has 1 saturated carbocycles. The van der Waals surface area contributed by atoms with Crippen LogP contribution in [0.3, 0.4) is 0 Å². The molecule has 1 aliphatic rings. The van der Waals surface area contributed by atoms with Crippen molar-refractivity contribution in [2.24, 2.45) is 22.2 Å². The van der Waals surface area contributed by atoms with Gasteiger partial charge in [0, 0.05) is 24.4 Å². The predicted molar refractivity (Wildman–Crippen MR) is 75.0 cm³/mol. The number of nitrogens with two attached hydrogens (primary N) is 1. The molecular weight excluding hydrogens is 244 g/mol. The Labute approximate surface area is 114 Å². The van der Waals surface area contributed by atoms with Crippen LogP contribution in [0, 0.1) is 11.3 Å². The standard InChI is InChI=1S/C13H26N4O2/c1-13(2,12(14)17-19)6-3-7-15-8-9-16-11(18)10-4-5-10/h10,15,19H,3-9H2,1-2H3,(H2,14,17)(H,16,18). The molecule has 0 aliphatic heterocycles. The average molecular weight is 270 g/mol. The summed E-state index contributed by atoms with van der Waals surface area (Å²) >= 11 is 0. The summed E-state index contributed by atoms with van der Waals surface area (Å²) in [5, 5.41) is 17.9. The first-order chi connectivity index (χ1) is 8.97. The second-order valence-electron chi connectivity index (χ2n) is 5.79. The van der Waals surface area contributed by atoms with E-state index in [1.807, 2.05) is 13.8 Å². The summed E-state index contributed by atoms with van der Waals surface area (Å²) in [7, 11) is 0. The average Bonchev–Trinajstić information content (AvgIpc) is 3.20. The molecule has 6 heteroatoms. The summed E-state index contributed by atoms with van der Waals surface area (Å²) in [5.74, 6) is 0.737. The highest BCUT2D eigenvalue weighted by Crippen LogP contribution is 2.28. The number of rotatable bonds is 9. The fourth-order valence-corrected chi connectivity index (χ4v) is 1.81. The highest BCUT2D eigenvalue weighted by molar-refractivity contribution is 5.85. The minimum Gasteiger partial charge on any atom is -0.409 e. The van der Waals surface area contributed by atoms with E-state index in [1.165, 1.54) is 0 Å². The Morgan fingerprint density at radius 2 is 2.05 bits per heavy atom. The van der Waals surface area contributed by atoms with Gasteiger partial charge in [0.05, 0.1) is 0 Å². The molecule has 0 atom stereocenters. The molecule has 6 nitrogen and oxygen atoms in total. The SMILES string of the molecule is CC(C)(CCCNCCNC(=O)C1CC1)C(N)=NO. The Morgan fingerprint density at radius 1 is 1.37 bits per heavy atom. The third-order valence-corrected chi connectivity index (χ3v) is 3.51. The lowest BCUT2D eigenvalue weighted by Gasteiger charge is -2.22. The van der Waals surface area contributed by atoms with Gasteiger partial charge in [-0.25, -0.2) is 0 Å². The molecule has 5 N–H and O–H groups in total. The first-order valence-corrected chi connectivity index (χ1v) is 6.94. The molecule has 0 heterocycles. The van der Waals surface area contributed by atoms with E-state index in [4.69, 9.17) is 10.9 Å². The largest absolute Gasteiger partial charge is 0.409 e. The van der Waals surface area contributed by atoms with Gasteiger partial charge in [-0.3, -0.25) is 4.79 Å². The zero-order valence-electron chi connectivity index (χ0n) is 11.9. The predicted octanol–water partition coefficient (Wildman–Crippen LogP) is 0.655. The van der Waals surface area contributed by atoms with Gasteiger partial charge in [0.2, 0.25) is 5.91 Å². The van der Waals surface area contributed by atoms with Gasteiger partial charge in [-0.1, -0.05) is 19.0 Å². The number of oxime groups is 1. The fourth-order valence-electron chi connectivity index (χ4n) is 1.81. The zero-order chi connectivity index (χ0) is 14.3. The number of carbonyl (C=O) groups excluding carboxylic acids is 1. The van der Waals surface area contributed by atoms with Crippen molar-refractivity contribution in [2.75, 3.05) is 19.6 Å². The lowest BCUT2D eigenvalue weighted by molar-refractivity contribution is -0.122. The van der Waals surface area contributed by atoms with Crippen molar-refractivity contribution in [3.8, 4) is 0 Å². The van der Waals surface area contributed by atoms with Gasteiger partial charge < -0.3 is 21.6 Å². The molecule has 0 unspecified atom stereocenters. The van der Waals surface area contributed by atoms with Crippen LogP contribution in [-0.4, -0.2) is 36.6 Å². The molecule has 1 amide bonds. The third kappa shape index (κ3) is 5.92. The summed E-state index contributed by atoms with van der Waals surface area (Å²) in [6.45, 7) is 6.23. The number of amides is 1. The van der Waals surface area contributed by atoms with Gasteiger partial charge in [0.15, 0.2) is 0 Å². The number of hydrogen-bond acceptors (Lipinski definition) is 4. The van der Waals surface area contributed by atoms with E-state index in [0.717, 1.165) is 38.8 Å². The van der Waals surface area contributed by atoms with Gasteiger partial charge in [0.1, 0.15) is 5.84 Å². The molecule has 19 heavy (non-hydrogen) atoms. The summed E-state index contributed by atoms with van der Waals surface area (Å²) < 4.78 is 0. The maximum Gasteiger partial charge on any atom is 0.223 e. The Bertz CT molecular complexity index is 325. The van der Waals surface area contributed by atoms with Crippen LogP contribution in [0.2, 0.25) is 0 Å². The van der Waals surface area contributed by atoms with Gasteiger partial charge in [-0.05, 0) is 32.2 Å². The first kappa shape index (κ1) is 15.8. The zero-order valence-corrected chi connectivity index (χ0v) is 11.9. The third-order valence-electron chi connectivity index (χ3n) is 3.51. The quantitative estimate of drug-likeness (QED) is 0.162. The molecular formula is C13H26N4O2. The monoisotopic (exact) mass is 270 g/mol. The Balaban J connectivity index is 1.97. The summed E-state index contributed by atoms with van der Waals surface area (Å²) in [5.41, 5.74) is 5.33. The lowest BCUT2D eigenvalue weighted by atomic mass is 9.86. The smallest absolute Gasteiger partial charge is 0.223 e. The van der Waals surface area contributed by atoms with Crippen LogP contribution in [0.5, 0.6) is 0 Å². The fraction of sp³-hybridized carbons (Fsp3) is 0.846. The maximum atomic E-state index is 11.3. The number of carbonyl (C=O) groups is 1. The molecule has 0 radical (unpaired) electrons. The van der Waals surface area contributed by atoms with Gasteiger partial charge >= 0.3 is 0 Å². The number of hydrogen-bond donors (Lipinski definition) is 4. The van der Waals surface area contributed by atoms with Gasteiger partial charge in [0.25, 0.3) is 0 Å². The Kier molecular flexibility index (Phi) is 6.08. The highest BCUT2D eigenvalue weighted by atomic mass is 16.4. The van der Waals surface area contributed by atoms with Crippen molar-refractivity contribution in [3.63, 3.8) is 0 Å². The van der Waals surface area contributed by atoms with Crippen molar-refractivity contribution in [3.05, 3.63) is 0 Å². The molecule has 1 fully saturated rings. The highest BCUT2D eigenvalue weighted by Gasteiger charge is 2.28. The van der Waals surface area contributed by atoms with Crippen LogP contribution in [0.25, 0.3) is 0 Å². The molecule has 0 spiro atoms. The minimum absolute atomic E-state index is 0.190. The van der Waals surface area contributed by atoms with Crippen LogP contribution < -0.4 is 16.4 Å². The van der Waals surface area contributed by atoms with Crippen LogP contribution in [-0.2, 0) is 4.79 Å². The molecule has 0 saturated heterocycles. The topological polar surface area (TPSA) is 99.7 Å². The van der Waals surface area contributed by atoms with Crippen LogP contribution in [0.4, 0.5) is 0 Å². The van der Waals surface area contributed by atoms with Crippen molar-refractivity contribution in [1.82, 2.24) is 10.6 Å². The lowest BCUT2D eigenvalue weighted by Crippen LogP contribution is -2.34. The summed E-state index contributed by atoms with van der Waals surface area (Å²) in [4.78, 5) is 11.3. The molecule has 1 rings (SSSR count). The normalized spacial score (nSPS) is 16.4. The van der Waals surface area contributed by atoms with Crippen molar-refractivity contribution >= 4 is 11.7 Å². The van der Waals surface area contributed by atoms with Crippen LogP contribution in [0.1, 0.15) is 39.5 Å². The van der Waals surface area contributed by atoms with E-state index >= 15 is 0 Å². The van der Waals surface area contributed by atoms with E-state index in [2.05, 4.69) is 15.8 Å². The molecule has 0 aromatic heterocycles. The maximum absolute atomic E-state index is 11.3. The number of amidine groups is 1. The second-order valence-corrected chi connectivity index (χ2v) is 5.79. The molecule has 1 aliphatic carbocycles. The molecule has 0 bridgehead atoms. The molecule has 0 aromatic carbocycles. The summed E-state index contributed by atoms with van der Waals surface area (Å²) in [6.07, 6.45) is 3.88. The minimum atomic E-state index is -0.281. The van der Waals surface area contributed by atoms with E-state index in [1.54, 1.807) is 0 Å². The van der Waals surface area contributed by atoms with E-state index in [9.17, 15) is 4.79 Å². The number of nitrogens with zero attached hydrogens (tertiary/aromatic N) is 1. The van der Waals surface area contributed by atoms with Crippen molar-refractivity contribution < 1.29 is 10.0 Å². The van der Waals surface area contributed by atoms with E-state index < -0.39 is 0 Å². The van der Waals surface area contributed by atoms with Crippen molar-refractivity contribution in [2.45, 2.75) is 39.5 Å². The number of nitrogens with one attached hydrogen (secondary N) is 2. The van der Waals surface area contributed by atoms with Gasteiger partial charge in [-0.15, -0.1) is 0 Å². The van der Waals surface area contributed by atoms with Crippen LogP contribution in [0.15, 0.2) is 5.16 Å². The second kappa shape index (κ2) is 7.33. The van der Waals surface area contributed by atoms with Crippen molar-refractivity contribution in [1.29, 1.82) is 0 Å².